The Balaban J connectivity index is 2.26. The molecule has 31 heavy (non-hydrogen) atoms. The van der Waals surface area contributed by atoms with Gasteiger partial charge in [-0.3, -0.25) is 9.59 Å². The SMILES string of the molecule is CCCCCCCCCCCCCC(CCC(C)C)OC(=O)C1CCCC(C(=O)O)C1. The topological polar surface area (TPSA) is 63.6 Å². The van der Waals surface area contributed by atoms with Crippen molar-refractivity contribution in [1.82, 2.24) is 0 Å². The van der Waals surface area contributed by atoms with Gasteiger partial charge in [0, 0.05) is 0 Å². The van der Waals surface area contributed by atoms with Gasteiger partial charge in [0.25, 0.3) is 0 Å². The summed E-state index contributed by atoms with van der Waals surface area (Å²) in [5.74, 6) is -0.928. The Morgan fingerprint density at radius 2 is 1.35 bits per heavy atom. The summed E-state index contributed by atoms with van der Waals surface area (Å²) in [5.41, 5.74) is 0. The number of aliphatic carboxylic acids is 1. The van der Waals surface area contributed by atoms with Gasteiger partial charge in [-0.15, -0.1) is 0 Å². The number of carboxylic acid groups (broad SMARTS) is 1. The zero-order valence-corrected chi connectivity index (χ0v) is 20.7. The van der Waals surface area contributed by atoms with E-state index >= 15 is 0 Å². The molecule has 0 saturated heterocycles. The molecule has 0 aliphatic heterocycles. The van der Waals surface area contributed by atoms with Crippen molar-refractivity contribution in [2.75, 3.05) is 0 Å². The Kier molecular flexibility index (Phi) is 15.8. The first-order chi connectivity index (χ1) is 14.9. The van der Waals surface area contributed by atoms with Gasteiger partial charge in [-0.2, -0.15) is 0 Å². The second-order valence-electron chi connectivity index (χ2n) is 10.3. The van der Waals surface area contributed by atoms with E-state index in [2.05, 4.69) is 20.8 Å². The molecule has 0 aromatic carbocycles. The summed E-state index contributed by atoms with van der Waals surface area (Å²) < 4.78 is 5.93. The van der Waals surface area contributed by atoms with Crippen LogP contribution in [-0.4, -0.2) is 23.1 Å². The van der Waals surface area contributed by atoms with E-state index in [1.165, 1.54) is 64.2 Å². The highest BCUT2D eigenvalue weighted by atomic mass is 16.5. The van der Waals surface area contributed by atoms with E-state index in [4.69, 9.17) is 4.74 Å². The van der Waals surface area contributed by atoms with Crippen LogP contribution in [0.1, 0.15) is 136 Å². The highest BCUT2D eigenvalue weighted by Crippen LogP contribution is 2.31. The third-order valence-corrected chi connectivity index (χ3v) is 6.84. The first kappa shape index (κ1) is 28.0. The van der Waals surface area contributed by atoms with E-state index in [0.29, 0.717) is 18.8 Å². The lowest BCUT2D eigenvalue weighted by molar-refractivity contribution is -0.158. The summed E-state index contributed by atoms with van der Waals surface area (Å²) in [4.78, 5) is 24.0. The molecule has 0 bridgehead atoms. The van der Waals surface area contributed by atoms with Crippen LogP contribution in [0.3, 0.4) is 0 Å². The molecule has 1 rings (SSSR count). The van der Waals surface area contributed by atoms with Crippen molar-refractivity contribution >= 4 is 11.9 Å². The molecule has 3 atom stereocenters. The standard InChI is InChI=1S/C27H50O4/c1-4-5-6-7-8-9-10-11-12-13-14-18-25(20-19-22(2)3)31-27(30)24-17-15-16-23(21-24)26(28)29/h22-25H,4-21H2,1-3H3,(H,28,29). The van der Waals surface area contributed by atoms with Crippen molar-refractivity contribution in [3.8, 4) is 0 Å². The number of carboxylic acids is 1. The smallest absolute Gasteiger partial charge is 0.309 e. The first-order valence-corrected chi connectivity index (χ1v) is 13.4. The first-order valence-electron chi connectivity index (χ1n) is 13.4. The lowest BCUT2D eigenvalue weighted by atomic mass is 9.81. The molecule has 0 radical (unpaired) electrons. The number of hydrogen-bond acceptors (Lipinski definition) is 3. The van der Waals surface area contributed by atoms with Gasteiger partial charge in [-0.05, 0) is 50.9 Å². The average molecular weight is 439 g/mol. The average Bonchev–Trinajstić information content (AvgIpc) is 2.75. The van der Waals surface area contributed by atoms with Crippen LogP contribution in [0.4, 0.5) is 0 Å². The molecule has 1 saturated carbocycles. The van der Waals surface area contributed by atoms with Gasteiger partial charge in [0.2, 0.25) is 0 Å². The van der Waals surface area contributed by atoms with Gasteiger partial charge in [-0.25, -0.2) is 0 Å². The summed E-state index contributed by atoms with van der Waals surface area (Å²) >= 11 is 0. The van der Waals surface area contributed by atoms with Crippen molar-refractivity contribution in [2.24, 2.45) is 17.8 Å². The molecule has 1 N–H and O–H groups in total. The highest BCUT2D eigenvalue weighted by molar-refractivity contribution is 5.75. The van der Waals surface area contributed by atoms with E-state index in [-0.39, 0.29) is 23.9 Å². The fourth-order valence-corrected chi connectivity index (χ4v) is 4.71. The van der Waals surface area contributed by atoms with E-state index in [9.17, 15) is 14.7 Å². The quantitative estimate of drug-likeness (QED) is 0.174. The monoisotopic (exact) mass is 438 g/mol. The summed E-state index contributed by atoms with van der Waals surface area (Å²) in [6, 6.07) is 0. The maximum atomic E-state index is 12.7. The second kappa shape index (κ2) is 17.5. The van der Waals surface area contributed by atoms with Crippen LogP contribution >= 0.6 is 0 Å². The Bertz CT molecular complexity index is 474. The number of carbonyl (C=O) groups is 2. The summed E-state index contributed by atoms with van der Waals surface area (Å²) in [5, 5.41) is 9.28. The largest absolute Gasteiger partial charge is 0.481 e. The maximum absolute atomic E-state index is 12.7. The van der Waals surface area contributed by atoms with Crippen LogP contribution < -0.4 is 0 Å². The van der Waals surface area contributed by atoms with Crippen LogP contribution in [0.2, 0.25) is 0 Å². The van der Waals surface area contributed by atoms with Gasteiger partial charge in [-0.1, -0.05) is 91.4 Å². The van der Waals surface area contributed by atoms with Crippen LogP contribution in [0.5, 0.6) is 0 Å². The normalized spacial score (nSPS) is 20.0. The van der Waals surface area contributed by atoms with E-state index in [1.807, 2.05) is 0 Å². The minimum atomic E-state index is -0.769. The molecule has 0 heterocycles. The molecule has 4 nitrogen and oxygen atoms in total. The van der Waals surface area contributed by atoms with Crippen LogP contribution in [0.15, 0.2) is 0 Å². The number of hydrogen-bond donors (Lipinski definition) is 1. The van der Waals surface area contributed by atoms with E-state index in [1.54, 1.807) is 0 Å². The minimum absolute atomic E-state index is 0.00123. The summed E-state index contributed by atoms with van der Waals surface area (Å²) in [6.45, 7) is 6.68. The highest BCUT2D eigenvalue weighted by Gasteiger charge is 2.33. The van der Waals surface area contributed by atoms with Crippen LogP contribution in [0.25, 0.3) is 0 Å². The lowest BCUT2D eigenvalue weighted by Crippen LogP contribution is -2.31. The van der Waals surface area contributed by atoms with Crippen molar-refractivity contribution < 1.29 is 19.4 Å². The Hall–Kier alpha value is -1.06. The number of esters is 1. The Morgan fingerprint density at radius 1 is 0.806 bits per heavy atom. The fraction of sp³-hybridized carbons (Fsp3) is 0.926. The zero-order valence-electron chi connectivity index (χ0n) is 20.7. The van der Waals surface area contributed by atoms with Crippen molar-refractivity contribution in [3.63, 3.8) is 0 Å². The van der Waals surface area contributed by atoms with E-state index < -0.39 is 5.97 Å². The molecule has 182 valence electrons. The molecular formula is C27H50O4. The van der Waals surface area contributed by atoms with Crippen LogP contribution in [-0.2, 0) is 14.3 Å². The third-order valence-electron chi connectivity index (χ3n) is 6.84. The third kappa shape index (κ3) is 13.9. The zero-order chi connectivity index (χ0) is 22.9. The van der Waals surface area contributed by atoms with Gasteiger partial charge >= 0.3 is 11.9 Å². The second-order valence-corrected chi connectivity index (χ2v) is 10.3. The fourth-order valence-electron chi connectivity index (χ4n) is 4.71. The van der Waals surface area contributed by atoms with Crippen molar-refractivity contribution in [1.29, 1.82) is 0 Å². The molecule has 3 unspecified atom stereocenters. The molecule has 1 aliphatic carbocycles. The molecule has 0 aromatic rings. The predicted octanol–water partition coefficient (Wildman–Crippen LogP) is 7.93. The summed E-state index contributed by atoms with van der Waals surface area (Å²) in [6.07, 6.45) is 20.2. The molecular weight excluding hydrogens is 388 g/mol. The number of ether oxygens (including phenoxy) is 1. The van der Waals surface area contributed by atoms with Gasteiger partial charge in [0.15, 0.2) is 0 Å². The molecule has 1 aliphatic rings. The number of rotatable bonds is 18. The van der Waals surface area contributed by atoms with E-state index in [0.717, 1.165) is 38.5 Å². The molecule has 0 spiro atoms. The van der Waals surface area contributed by atoms with Gasteiger partial charge in [0.1, 0.15) is 6.10 Å². The van der Waals surface area contributed by atoms with Crippen molar-refractivity contribution in [3.05, 3.63) is 0 Å². The molecule has 4 heteroatoms. The van der Waals surface area contributed by atoms with Gasteiger partial charge in [0.05, 0.1) is 11.8 Å². The maximum Gasteiger partial charge on any atom is 0.309 e. The Labute approximate surface area is 191 Å². The van der Waals surface area contributed by atoms with Gasteiger partial charge < -0.3 is 9.84 Å². The Morgan fingerprint density at radius 3 is 1.90 bits per heavy atom. The summed E-state index contributed by atoms with van der Waals surface area (Å²) in [7, 11) is 0. The molecule has 1 fully saturated rings. The van der Waals surface area contributed by atoms with Crippen LogP contribution in [0, 0.1) is 17.8 Å². The predicted molar refractivity (Wildman–Crippen MR) is 128 cm³/mol. The number of unbranched alkanes of at least 4 members (excludes halogenated alkanes) is 10. The molecule has 0 aromatic heterocycles. The van der Waals surface area contributed by atoms with Crippen molar-refractivity contribution in [2.45, 2.75) is 142 Å². The minimum Gasteiger partial charge on any atom is -0.481 e. The molecule has 0 amide bonds. The number of carbonyl (C=O) groups excluding carboxylic acids is 1. The lowest BCUT2D eigenvalue weighted by Gasteiger charge is -2.27.